The minimum atomic E-state index is -0.310. The average molecular weight is 335 g/mol. The zero-order valence-corrected chi connectivity index (χ0v) is 12.9. The molecule has 0 saturated heterocycles. The van der Waals surface area contributed by atoms with Crippen molar-refractivity contribution in [1.82, 2.24) is 10.2 Å². The molecule has 0 aliphatic heterocycles. The van der Waals surface area contributed by atoms with Crippen LogP contribution >= 0.6 is 23.1 Å². The van der Waals surface area contributed by atoms with E-state index in [9.17, 15) is 8.78 Å². The first-order valence-electron chi connectivity index (χ1n) is 6.42. The predicted octanol–water partition coefficient (Wildman–Crippen LogP) is 4.85. The third-order valence-electron chi connectivity index (χ3n) is 2.73. The highest BCUT2D eigenvalue weighted by Crippen LogP contribution is 2.30. The molecule has 0 aliphatic carbocycles. The Kier molecular flexibility index (Phi) is 4.65. The summed E-state index contributed by atoms with van der Waals surface area (Å²) in [5, 5.41) is 11.7. The fourth-order valence-electron chi connectivity index (χ4n) is 1.78. The topological polar surface area (TPSA) is 37.8 Å². The van der Waals surface area contributed by atoms with Gasteiger partial charge in [-0.15, -0.1) is 10.2 Å². The summed E-state index contributed by atoms with van der Waals surface area (Å²) in [6.45, 7) is 0. The highest BCUT2D eigenvalue weighted by molar-refractivity contribution is 8.00. The van der Waals surface area contributed by atoms with Gasteiger partial charge in [0, 0.05) is 11.4 Å². The van der Waals surface area contributed by atoms with Crippen molar-refractivity contribution in [2.45, 2.75) is 10.1 Å². The molecule has 0 saturated carbocycles. The molecule has 112 valence electrons. The van der Waals surface area contributed by atoms with Crippen LogP contribution in [-0.4, -0.2) is 10.2 Å². The molecule has 0 radical (unpaired) electrons. The summed E-state index contributed by atoms with van der Waals surface area (Å²) in [6.07, 6.45) is 0. The predicted molar refractivity (Wildman–Crippen MR) is 85.6 cm³/mol. The lowest BCUT2D eigenvalue weighted by Crippen LogP contribution is -1.89. The molecule has 0 unspecified atom stereocenters. The van der Waals surface area contributed by atoms with E-state index in [1.54, 1.807) is 18.2 Å². The maximum atomic E-state index is 13.1. The van der Waals surface area contributed by atoms with E-state index in [1.807, 2.05) is 6.07 Å². The van der Waals surface area contributed by atoms with E-state index in [1.165, 1.54) is 47.4 Å². The van der Waals surface area contributed by atoms with Crippen molar-refractivity contribution in [3.8, 4) is 0 Å². The van der Waals surface area contributed by atoms with Gasteiger partial charge in [0.25, 0.3) is 0 Å². The molecule has 3 rings (SSSR count). The Labute approximate surface area is 134 Å². The van der Waals surface area contributed by atoms with Gasteiger partial charge in [-0.3, -0.25) is 0 Å². The van der Waals surface area contributed by atoms with Crippen LogP contribution in [0.15, 0.2) is 52.9 Å². The van der Waals surface area contributed by atoms with Crippen molar-refractivity contribution < 1.29 is 8.78 Å². The third kappa shape index (κ3) is 4.02. The number of hydrogen-bond acceptors (Lipinski definition) is 5. The monoisotopic (exact) mass is 335 g/mol. The van der Waals surface area contributed by atoms with Crippen molar-refractivity contribution in [2.24, 2.45) is 0 Å². The highest BCUT2D eigenvalue weighted by atomic mass is 32.2. The minimum absolute atomic E-state index is 0.246. The number of halogens is 2. The molecular weight excluding hydrogens is 324 g/mol. The molecule has 22 heavy (non-hydrogen) atoms. The van der Waals surface area contributed by atoms with Gasteiger partial charge in [-0.2, -0.15) is 0 Å². The Morgan fingerprint density at radius 3 is 2.55 bits per heavy atom. The largest absolute Gasteiger partial charge is 0.330 e. The van der Waals surface area contributed by atoms with E-state index < -0.39 is 0 Å². The Morgan fingerprint density at radius 2 is 1.77 bits per heavy atom. The molecule has 0 fully saturated rings. The minimum Gasteiger partial charge on any atom is -0.330 e. The molecular formula is C15H11F2N3S2. The van der Waals surface area contributed by atoms with Gasteiger partial charge >= 0.3 is 0 Å². The summed E-state index contributed by atoms with van der Waals surface area (Å²) in [5.41, 5.74) is 1.51. The maximum absolute atomic E-state index is 13.1. The second kappa shape index (κ2) is 6.85. The molecule has 1 heterocycles. The number of hydrogen-bond donors (Lipinski definition) is 1. The van der Waals surface area contributed by atoms with Gasteiger partial charge in [0.15, 0.2) is 4.34 Å². The number of nitrogens with zero attached hydrogens (tertiary/aromatic N) is 2. The number of anilines is 2. The van der Waals surface area contributed by atoms with E-state index in [0.717, 1.165) is 9.90 Å². The van der Waals surface area contributed by atoms with Crippen molar-refractivity contribution in [2.75, 3.05) is 5.32 Å². The third-order valence-corrected chi connectivity index (χ3v) is 4.78. The van der Waals surface area contributed by atoms with Crippen LogP contribution in [0.25, 0.3) is 0 Å². The van der Waals surface area contributed by atoms with Gasteiger partial charge in [-0.25, -0.2) is 8.78 Å². The highest BCUT2D eigenvalue weighted by Gasteiger charge is 2.06. The van der Waals surface area contributed by atoms with Gasteiger partial charge < -0.3 is 5.32 Å². The number of nitrogens with one attached hydrogen (secondary N) is 1. The van der Waals surface area contributed by atoms with Crippen molar-refractivity contribution in [3.05, 3.63) is 65.7 Å². The molecule has 3 aromatic rings. The summed E-state index contributed by atoms with van der Waals surface area (Å²) < 4.78 is 27.0. The smallest absolute Gasteiger partial charge is 0.210 e. The second-order valence-electron chi connectivity index (χ2n) is 4.43. The Balaban J connectivity index is 1.61. The lowest BCUT2D eigenvalue weighted by atomic mass is 10.2. The van der Waals surface area contributed by atoms with Gasteiger partial charge in [0.2, 0.25) is 5.13 Å². The number of thioether (sulfide) groups is 1. The molecule has 1 aromatic heterocycles. The van der Waals surface area contributed by atoms with Gasteiger partial charge in [0.05, 0.1) is 0 Å². The number of benzene rings is 2. The fraction of sp³-hybridized carbons (Fsp3) is 0.0667. The fourth-order valence-corrected chi connectivity index (χ4v) is 3.50. The summed E-state index contributed by atoms with van der Waals surface area (Å²) in [6, 6.07) is 12.6. The Morgan fingerprint density at radius 1 is 1.00 bits per heavy atom. The number of aromatic nitrogens is 2. The molecule has 2 aromatic carbocycles. The zero-order valence-electron chi connectivity index (χ0n) is 11.3. The van der Waals surface area contributed by atoms with E-state index in [-0.39, 0.29) is 11.6 Å². The van der Waals surface area contributed by atoms with Crippen LogP contribution in [0.1, 0.15) is 5.56 Å². The Bertz CT molecular complexity index is 777. The van der Waals surface area contributed by atoms with Crippen LogP contribution in [0.3, 0.4) is 0 Å². The molecule has 0 amide bonds. The Hall–Kier alpha value is -1.99. The first-order chi connectivity index (χ1) is 10.7. The van der Waals surface area contributed by atoms with Crippen LogP contribution in [-0.2, 0) is 5.75 Å². The van der Waals surface area contributed by atoms with Crippen LogP contribution in [0.2, 0.25) is 0 Å². The normalized spacial score (nSPS) is 10.6. The summed E-state index contributed by atoms with van der Waals surface area (Å²) in [7, 11) is 0. The molecule has 0 aliphatic rings. The van der Waals surface area contributed by atoms with Crippen LogP contribution < -0.4 is 5.32 Å². The van der Waals surface area contributed by atoms with E-state index in [0.29, 0.717) is 16.6 Å². The molecule has 3 nitrogen and oxygen atoms in total. The lowest BCUT2D eigenvalue weighted by Gasteiger charge is -2.00. The molecule has 0 bridgehead atoms. The van der Waals surface area contributed by atoms with Gasteiger partial charge in [0.1, 0.15) is 11.6 Å². The zero-order chi connectivity index (χ0) is 15.4. The van der Waals surface area contributed by atoms with E-state index in [4.69, 9.17) is 0 Å². The van der Waals surface area contributed by atoms with Crippen LogP contribution in [0, 0.1) is 11.6 Å². The summed E-state index contributed by atoms with van der Waals surface area (Å²) in [5.74, 6) is 0.0610. The molecule has 0 spiro atoms. The van der Waals surface area contributed by atoms with E-state index in [2.05, 4.69) is 15.5 Å². The molecule has 1 N–H and O–H groups in total. The SMILES string of the molecule is Fc1cccc(CSc2nnc(Nc3cccc(F)c3)s2)c1. The first-order valence-corrected chi connectivity index (χ1v) is 8.22. The lowest BCUT2D eigenvalue weighted by molar-refractivity contribution is 0.626. The quantitative estimate of drug-likeness (QED) is 0.676. The van der Waals surface area contributed by atoms with Crippen molar-refractivity contribution >= 4 is 33.9 Å². The first kappa shape index (κ1) is 14.9. The average Bonchev–Trinajstić information content (AvgIpc) is 2.93. The molecule has 7 heteroatoms. The molecule has 0 atom stereocenters. The second-order valence-corrected chi connectivity index (χ2v) is 6.63. The van der Waals surface area contributed by atoms with Crippen LogP contribution in [0.5, 0.6) is 0 Å². The van der Waals surface area contributed by atoms with Gasteiger partial charge in [-0.1, -0.05) is 41.3 Å². The van der Waals surface area contributed by atoms with Crippen molar-refractivity contribution in [3.63, 3.8) is 0 Å². The maximum Gasteiger partial charge on any atom is 0.210 e. The standard InChI is InChI=1S/C15H11F2N3S2/c16-11-4-1-3-10(7-11)9-21-15-20-19-14(22-15)18-13-6-2-5-12(17)8-13/h1-8H,9H2,(H,18,19). The number of rotatable bonds is 5. The van der Waals surface area contributed by atoms with Crippen LogP contribution in [0.4, 0.5) is 19.6 Å². The summed E-state index contributed by atoms with van der Waals surface area (Å²) >= 11 is 2.85. The van der Waals surface area contributed by atoms with Crippen molar-refractivity contribution in [1.29, 1.82) is 0 Å². The van der Waals surface area contributed by atoms with E-state index >= 15 is 0 Å². The summed E-state index contributed by atoms with van der Waals surface area (Å²) in [4.78, 5) is 0. The van der Waals surface area contributed by atoms with Gasteiger partial charge in [-0.05, 0) is 35.9 Å².